The van der Waals surface area contributed by atoms with Gasteiger partial charge >= 0.3 is 12.0 Å². The van der Waals surface area contributed by atoms with E-state index in [1.54, 1.807) is 6.92 Å². The monoisotopic (exact) mass is 295 g/mol. The van der Waals surface area contributed by atoms with E-state index in [-0.39, 0.29) is 18.7 Å². The van der Waals surface area contributed by atoms with Gasteiger partial charge in [-0.05, 0) is 6.42 Å². The Balaban J connectivity index is 3.88. The van der Waals surface area contributed by atoms with Crippen molar-refractivity contribution >= 4 is 22.0 Å². The van der Waals surface area contributed by atoms with E-state index in [9.17, 15) is 18.0 Å². The molecule has 9 heteroatoms. The summed E-state index contributed by atoms with van der Waals surface area (Å²) in [4.78, 5) is 23.1. The van der Waals surface area contributed by atoms with Crippen LogP contribution in [0, 0.1) is 0 Å². The van der Waals surface area contributed by atoms with E-state index >= 15 is 0 Å². The molecule has 0 spiro atoms. The first-order valence-corrected chi connectivity index (χ1v) is 7.62. The number of urea groups is 1. The Labute approximate surface area is 113 Å². The summed E-state index contributed by atoms with van der Waals surface area (Å²) in [6.07, 6.45) is 0.349. The van der Waals surface area contributed by atoms with Crippen LogP contribution in [-0.2, 0) is 14.8 Å². The molecule has 0 rings (SSSR count). The van der Waals surface area contributed by atoms with E-state index < -0.39 is 22.0 Å². The van der Waals surface area contributed by atoms with Crippen LogP contribution in [-0.4, -0.2) is 62.9 Å². The minimum atomic E-state index is -3.34. The fourth-order valence-electron chi connectivity index (χ4n) is 1.29. The Bertz CT molecular complexity index is 396. The van der Waals surface area contributed by atoms with Gasteiger partial charge in [0.05, 0.1) is 5.75 Å². The van der Waals surface area contributed by atoms with E-state index in [0.29, 0.717) is 19.5 Å². The molecule has 0 unspecified atom stereocenters. The van der Waals surface area contributed by atoms with Crippen molar-refractivity contribution in [2.45, 2.75) is 19.8 Å². The van der Waals surface area contributed by atoms with E-state index in [1.807, 2.05) is 0 Å². The number of nitrogens with zero attached hydrogens (tertiary/aromatic N) is 1. The van der Waals surface area contributed by atoms with Gasteiger partial charge in [0.1, 0.15) is 0 Å². The average Bonchev–Trinajstić information content (AvgIpc) is 2.27. The van der Waals surface area contributed by atoms with E-state index in [1.165, 1.54) is 11.9 Å². The number of rotatable bonds is 9. The quantitative estimate of drug-likeness (QED) is 0.527. The maximum atomic E-state index is 11.5. The first-order valence-electron chi connectivity index (χ1n) is 5.96. The molecule has 0 aliphatic heterocycles. The zero-order chi connectivity index (χ0) is 14.9. The van der Waals surface area contributed by atoms with Crippen LogP contribution in [0.2, 0.25) is 0 Å². The van der Waals surface area contributed by atoms with Gasteiger partial charge < -0.3 is 15.3 Å². The molecular formula is C10H21N3O5S. The van der Waals surface area contributed by atoms with Gasteiger partial charge in [0, 0.05) is 33.1 Å². The van der Waals surface area contributed by atoms with Gasteiger partial charge in [-0.15, -0.1) is 0 Å². The number of carboxylic acids is 1. The molecule has 2 amide bonds. The molecule has 0 heterocycles. The summed E-state index contributed by atoms with van der Waals surface area (Å²) in [5.41, 5.74) is 0. The lowest BCUT2D eigenvalue weighted by Gasteiger charge is -2.17. The van der Waals surface area contributed by atoms with Crippen LogP contribution in [0.4, 0.5) is 4.79 Å². The molecule has 0 fully saturated rings. The predicted octanol–water partition coefficient (Wildman–Crippen LogP) is -0.568. The van der Waals surface area contributed by atoms with Crippen molar-refractivity contribution in [1.82, 2.24) is 14.9 Å². The fourth-order valence-corrected chi connectivity index (χ4v) is 2.24. The zero-order valence-corrected chi connectivity index (χ0v) is 12.0. The molecule has 0 atom stereocenters. The van der Waals surface area contributed by atoms with Crippen molar-refractivity contribution in [3.8, 4) is 0 Å². The summed E-state index contributed by atoms with van der Waals surface area (Å²) in [6, 6.07) is -0.419. The summed E-state index contributed by atoms with van der Waals surface area (Å²) in [5.74, 6) is -1.10. The van der Waals surface area contributed by atoms with Gasteiger partial charge in [0.2, 0.25) is 10.0 Å². The number of hydrogen-bond donors (Lipinski definition) is 3. The number of sulfonamides is 1. The fraction of sp³-hybridized carbons (Fsp3) is 0.800. The van der Waals surface area contributed by atoms with E-state index in [0.717, 1.165) is 0 Å². The molecule has 0 aromatic carbocycles. The number of hydrogen-bond acceptors (Lipinski definition) is 4. The third-order valence-electron chi connectivity index (χ3n) is 2.24. The summed E-state index contributed by atoms with van der Waals surface area (Å²) in [6.45, 7) is 2.30. The van der Waals surface area contributed by atoms with Crippen LogP contribution in [0.25, 0.3) is 0 Å². The molecule has 0 radical (unpaired) electrons. The molecule has 0 saturated carbocycles. The second-order valence-corrected chi connectivity index (χ2v) is 5.89. The molecule has 0 aromatic heterocycles. The Hall–Kier alpha value is -1.35. The van der Waals surface area contributed by atoms with Crippen molar-refractivity contribution in [2.75, 3.05) is 32.4 Å². The number of carbonyl (C=O) groups is 2. The lowest BCUT2D eigenvalue weighted by molar-refractivity contribution is -0.137. The summed E-state index contributed by atoms with van der Waals surface area (Å²) in [5, 5.41) is 10.9. The molecule has 0 bridgehead atoms. The van der Waals surface area contributed by atoms with Crippen LogP contribution in [0.3, 0.4) is 0 Å². The molecule has 112 valence electrons. The van der Waals surface area contributed by atoms with Gasteiger partial charge in [-0.1, -0.05) is 6.92 Å². The standard InChI is InChI=1S/C10H21N3O5S/c1-3-12-19(17,18)8-6-11-10(16)13(2)7-4-5-9(14)15/h12H,3-8H2,1-2H3,(H,11,16)(H,14,15). The minimum absolute atomic E-state index is 0.00752. The SMILES string of the molecule is CCNS(=O)(=O)CCNC(=O)N(C)CCCC(=O)O. The molecule has 0 aliphatic rings. The highest BCUT2D eigenvalue weighted by Crippen LogP contribution is 1.93. The molecular weight excluding hydrogens is 274 g/mol. The van der Waals surface area contributed by atoms with Crippen LogP contribution >= 0.6 is 0 Å². The van der Waals surface area contributed by atoms with Crippen LogP contribution < -0.4 is 10.0 Å². The van der Waals surface area contributed by atoms with Crippen LogP contribution in [0.15, 0.2) is 0 Å². The largest absolute Gasteiger partial charge is 0.481 e. The minimum Gasteiger partial charge on any atom is -0.481 e. The van der Waals surface area contributed by atoms with Gasteiger partial charge in [0.15, 0.2) is 0 Å². The van der Waals surface area contributed by atoms with Gasteiger partial charge in [-0.2, -0.15) is 0 Å². The average molecular weight is 295 g/mol. The Morgan fingerprint density at radius 1 is 1.32 bits per heavy atom. The highest BCUT2D eigenvalue weighted by Gasteiger charge is 2.11. The number of nitrogens with one attached hydrogen (secondary N) is 2. The second kappa shape index (κ2) is 8.70. The van der Waals surface area contributed by atoms with Crippen molar-refractivity contribution in [2.24, 2.45) is 0 Å². The molecule has 8 nitrogen and oxygen atoms in total. The smallest absolute Gasteiger partial charge is 0.317 e. The lowest BCUT2D eigenvalue weighted by atomic mass is 10.3. The van der Waals surface area contributed by atoms with Crippen molar-refractivity contribution in [1.29, 1.82) is 0 Å². The van der Waals surface area contributed by atoms with Crippen LogP contribution in [0.5, 0.6) is 0 Å². The Morgan fingerprint density at radius 3 is 2.47 bits per heavy atom. The third kappa shape index (κ3) is 9.25. The maximum absolute atomic E-state index is 11.5. The Morgan fingerprint density at radius 2 is 1.95 bits per heavy atom. The van der Waals surface area contributed by atoms with Gasteiger partial charge in [0.25, 0.3) is 0 Å². The molecule has 0 aliphatic carbocycles. The molecule has 19 heavy (non-hydrogen) atoms. The van der Waals surface area contributed by atoms with E-state index in [2.05, 4.69) is 10.0 Å². The van der Waals surface area contributed by atoms with Crippen molar-refractivity contribution in [3.05, 3.63) is 0 Å². The van der Waals surface area contributed by atoms with Crippen molar-refractivity contribution < 1.29 is 23.1 Å². The maximum Gasteiger partial charge on any atom is 0.317 e. The number of carboxylic acid groups (broad SMARTS) is 1. The third-order valence-corrected chi connectivity index (χ3v) is 3.71. The lowest BCUT2D eigenvalue weighted by Crippen LogP contribution is -2.41. The first-order chi connectivity index (χ1) is 8.78. The number of aliphatic carboxylic acids is 1. The molecule has 0 saturated heterocycles. The predicted molar refractivity (Wildman–Crippen MR) is 70.4 cm³/mol. The number of amides is 2. The van der Waals surface area contributed by atoms with Crippen molar-refractivity contribution in [3.63, 3.8) is 0 Å². The molecule has 0 aromatic rings. The summed E-state index contributed by atoms with van der Waals surface area (Å²) >= 11 is 0. The normalized spacial score (nSPS) is 11.1. The summed E-state index contributed by atoms with van der Waals surface area (Å²) < 4.78 is 24.9. The highest BCUT2D eigenvalue weighted by molar-refractivity contribution is 7.89. The van der Waals surface area contributed by atoms with Crippen LogP contribution in [0.1, 0.15) is 19.8 Å². The van der Waals surface area contributed by atoms with Gasteiger partial charge in [-0.3, -0.25) is 4.79 Å². The highest BCUT2D eigenvalue weighted by atomic mass is 32.2. The Kier molecular flexibility index (Phi) is 8.08. The van der Waals surface area contributed by atoms with Gasteiger partial charge in [-0.25, -0.2) is 17.9 Å². The zero-order valence-electron chi connectivity index (χ0n) is 11.2. The number of carbonyl (C=O) groups excluding carboxylic acids is 1. The topological polar surface area (TPSA) is 116 Å². The first kappa shape index (κ1) is 17.6. The van der Waals surface area contributed by atoms with E-state index in [4.69, 9.17) is 5.11 Å². The molecule has 3 N–H and O–H groups in total. The second-order valence-electron chi connectivity index (χ2n) is 3.97. The summed E-state index contributed by atoms with van der Waals surface area (Å²) in [7, 11) is -1.82.